The van der Waals surface area contributed by atoms with E-state index in [-0.39, 0.29) is 12.1 Å². The molecule has 0 atom stereocenters. The number of pyridine rings is 1. The van der Waals surface area contributed by atoms with E-state index in [4.69, 9.17) is 15.1 Å². The normalized spacial score (nSPS) is 13.7. The number of nitrogens with zero attached hydrogens (tertiary/aromatic N) is 3. The van der Waals surface area contributed by atoms with Gasteiger partial charge in [0.2, 0.25) is 17.2 Å². The smallest absolute Gasteiger partial charge is 0.297 e. The van der Waals surface area contributed by atoms with Gasteiger partial charge < -0.3 is 10.2 Å². The minimum Gasteiger partial charge on any atom is -0.430 e. The zero-order valence-corrected chi connectivity index (χ0v) is 15.1. The highest BCUT2D eigenvalue weighted by Gasteiger charge is 2.25. The maximum atomic E-state index is 12.8. The Kier molecular flexibility index (Phi) is 3.75. The summed E-state index contributed by atoms with van der Waals surface area (Å²) in [6.45, 7) is -0.236. The summed E-state index contributed by atoms with van der Waals surface area (Å²) in [5.41, 5.74) is 10.1. The monoisotopic (exact) mass is 374 g/mol. The molecule has 0 saturated carbocycles. The van der Waals surface area contributed by atoms with E-state index >= 15 is 0 Å². The zero-order valence-electron chi connectivity index (χ0n) is 15.1. The number of fused-ring (bicyclic) bond motifs is 5. The molecule has 140 valence electrons. The molecule has 5 rings (SSSR count). The van der Waals surface area contributed by atoms with Crippen LogP contribution < -0.4 is 11.3 Å². The van der Waals surface area contributed by atoms with Gasteiger partial charge in [-0.3, -0.25) is 14.2 Å². The second kappa shape index (κ2) is 6.30. The standard InChI is InChI=1S/C21H18N4O3/c22-15(26)10-25-11-23-18-16-13-8-4-5-9-14(13)17(12-6-2-1-3-7-12)24-20(16)28-19(18)21(25)27/h1-3,6-7,11H,4-5,8-10H2,(H2,22,26). The number of aryl methyl sites for hydroxylation is 1. The first-order chi connectivity index (χ1) is 13.6. The third-order valence-electron chi connectivity index (χ3n) is 5.29. The van der Waals surface area contributed by atoms with Crippen molar-refractivity contribution in [2.45, 2.75) is 32.2 Å². The van der Waals surface area contributed by atoms with Crippen molar-refractivity contribution in [3.05, 3.63) is 58.1 Å². The molecule has 1 aliphatic rings. The Balaban J connectivity index is 1.84. The Morgan fingerprint density at radius 2 is 1.89 bits per heavy atom. The van der Waals surface area contributed by atoms with E-state index in [0.717, 1.165) is 52.5 Å². The van der Waals surface area contributed by atoms with E-state index in [0.29, 0.717) is 11.2 Å². The molecule has 0 unspecified atom stereocenters. The number of carbonyl (C=O) groups excluding carboxylic acids is 1. The van der Waals surface area contributed by atoms with Gasteiger partial charge in [0.1, 0.15) is 12.1 Å². The summed E-state index contributed by atoms with van der Waals surface area (Å²) >= 11 is 0. The Hall–Kier alpha value is -3.48. The van der Waals surface area contributed by atoms with Gasteiger partial charge in [-0.1, -0.05) is 30.3 Å². The molecule has 0 radical (unpaired) electrons. The van der Waals surface area contributed by atoms with Crippen LogP contribution in [0, 0.1) is 0 Å². The van der Waals surface area contributed by atoms with Crippen LogP contribution in [0.15, 0.2) is 45.9 Å². The number of rotatable bonds is 3. The van der Waals surface area contributed by atoms with E-state index < -0.39 is 11.5 Å². The van der Waals surface area contributed by atoms with Gasteiger partial charge in [-0.2, -0.15) is 0 Å². The van der Waals surface area contributed by atoms with Crippen molar-refractivity contribution < 1.29 is 9.21 Å². The van der Waals surface area contributed by atoms with Crippen molar-refractivity contribution in [1.82, 2.24) is 14.5 Å². The van der Waals surface area contributed by atoms with E-state index in [2.05, 4.69) is 4.98 Å². The van der Waals surface area contributed by atoms with Crippen molar-refractivity contribution in [1.29, 1.82) is 0 Å². The van der Waals surface area contributed by atoms with Gasteiger partial charge in [0.15, 0.2) is 0 Å². The topological polar surface area (TPSA) is 104 Å². The second-order valence-electron chi connectivity index (χ2n) is 7.09. The number of carbonyl (C=O) groups is 1. The van der Waals surface area contributed by atoms with Crippen LogP contribution in [0.4, 0.5) is 0 Å². The average molecular weight is 374 g/mol. The summed E-state index contributed by atoms with van der Waals surface area (Å²) in [6, 6.07) is 10.0. The molecule has 1 amide bonds. The Labute approximate surface area is 159 Å². The first-order valence-corrected chi connectivity index (χ1v) is 9.30. The molecular weight excluding hydrogens is 356 g/mol. The fourth-order valence-corrected chi connectivity index (χ4v) is 4.07. The molecule has 3 aromatic heterocycles. The van der Waals surface area contributed by atoms with Crippen LogP contribution in [0.5, 0.6) is 0 Å². The Morgan fingerprint density at radius 3 is 2.64 bits per heavy atom. The van der Waals surface area contributed by atoms with Crippen LogP contribution in [0.1, 0.15) is 24.0 Å². The number of aromatic nitrogens is 3. The van der Waals surface area contributed by atoms with Crippen LogP contribution in [0.25, 0.3) is 33.5 Å². The Bertz CT molecular complexity index is 1290. The highest BCUT2D eigenvalue weighted by molar-refractivity contribution is 6.04. The largest absolute Gasteiger partial charge is 0.430 e. The van der Waals surface area contributed by atoms with Gasteiger partial charge in [0, 0.05) is 5.56 Å². The summed E-state index contributed by atoms with van der Waals surface area (Å²) in [7, 11) is 0. The maximum Gasteiger partial charge on any atom is 0.297 e. The molecular formula is C21H18N4O3. The lowest BCUT2D eigenvalue weighted by Gasteiger charge is -2.19. The van der Waals surface area contributed by atoms with E-state index in [1.165, 1.54) is 11.9 Å². The molecule has 0 aliphatic heterocycles. The number of furan rings is 1. The molecule has 2 N–H and O–H groups in total. The number of nitrogens with two attached hydrogens (primary N) is 1. The minimum absolute atomic E-state index is 0.115. The lowest BCUT2D eigenvalue weighted by atomic mass is 9.87. The molecule has 7 heteroatoms. The number of hydrogen-bond acceptors (Lipinski definition) is 5. The SMILES string of the molecule is NC(=O)Cn1cnc2c(oc3nc(-c4ccccc4)c4c(c32)CCCC4)c1=O. The number of amides is 1. The minimum atomic E-state index is -0.610. The van der Waals surface area contributed by atoms with Crippen molar-refractivity contribution in [2.24, 2.45) is 5.73 Å². The van der Waals surface area contributed by atoms with Crippen LogP contribution in [0.2, 0.25) is 0 Å². The first-order valence-electron chi connectivity index (χ1n) is 9.30. The zero-order chi connectivity index (χ0) is 19.3. The van der Waals surface area contributed by atoms with E-state index in [9.17, 15) is 9.59 Å². The van der Waals surface area contributed by atoms with Crippen molar-refractivity contribution >= 4 is 28.1 Å². The van der Waals surface area contributed by atoms with Gasteiger partial charge in [-0.25, -0.2) is 9.97 Å². The van der Waals surface area contributed by atoms with Crippen LogP contribution in [-0.4, -0.2) is 20.4 Å². The molecule has 0 spiro atoms. The molecule has 28 heavy (non-hydrogen) atoms. The molecule has 1 aliphatic carbocycles. The summed E-state index contributed by atoms with van der Waals surface area (Å²) in [4.78, 5) is 33.2. The van der Waals surface area contributed by atoms with Gasteiger partial charge in [-0.15, -0.1) is 0 Å². The highest BCUT2D eigenvalue weighted by atomic mass is 16.3. The van der Waals surface area contributed by atoms with Gasteiger partial charge in [0.05, 0.1) is 17.4 Å². The molecule has 0 fully saturated rings. The fourth-order valence-electron chi connectivity index (χ4n) is 4.07. The van der Waals surface area contributed by atoms with Gasteiger partial charge >= 0.3 is 0 Å². The first kappa shape index (κ1) is 16.7. The molecule has 3 heterocycles. The average Bonchev–Trinajstić information content (AvgIpc) is 3.09. The van der Waals surface area contributed by atoms with Gasteiger partial charge in [0.25, 0.3) is 5.56 Å². The van der Waals surface area contributed by atoms with Crippen molar-refractivity contribution in [2.75, 3.05) is 0 Å². The van der Waals surface area contributed by atoms with Crippen LogP contribution in [0.3, 0.4) is 0 Å². The van der Waals surface area contributed by atoms with Crippen LogP contribution >= 0.6 is 0 Å². The fraction of sp³-hybridized carbons (Fsp3) is 0.238. The second-order valence-corrected chi connectivity index (χ2v) is 7.09. The molecule has 4 aromatic rings. The maximum absolute atomic E-state index is 12.8. The summed E-state index contributed by atoms with van der Waals surface area (Å²) in [6.07, 6.45) is 5.37. The molecule has 1 aromatic carbocycles. The summed E-state index contributed by atoms with van der Waals surface area (Å²) < 4.78 is 7.04. The lowest BCUT2D eigenvalue weighted by molar-refractivity contribution is -0.118. The number of hydrogen-bond donors (Lipinski definition) is 1. The van der Waals surface area contributed by atoms with E-state index in [1.54, 1.807) is 0 Å². The number of benzene rings is 1. The van der Waals surface area contributed by atoms with Gasteiger partial charge in [-0.05, 0) is 36.8 Å². The highest BCUT2D eigenvalue weighted by Crippen LogP contribution is 2.38. The quantitative estimate of drug-likeness (QED) is 0.593. The summed E-state index contributed by atoms with van der Waals surface area (Å²) in [5, 5.41) is 0.813. The summed E-state index contributed by atoms with van der Waals surface area (Å²) in [5.74, 6) is -0.610. The van der Waals surface area contributed by atoms with Crippen molar-refractivity contribution in [3.8, 4) is 11.3 Å². The third-order valence-corrected chi connectivity index (χ3v) is 5.29. The molecule has 0 saturated heterocycles. The predicted octanol–water partition coefficient (Wildman–Crippen LogP) is 2.57. The predicted molar refractivity (Wildman–Crippen MR) is 105 cm³/mol. The van der Waals surface area contributed by atoms with Crippen molar-refractivity contribution in [3.63, 3.8) is 0 Å². The molecule has 7 nitrogen and oxygen atoms in total. The third kappa shape index (κ3) is 2.51. The Morgan fingerprint density at radius 1 is 1.14 bits per heavy atom. The lowest BCUT2D eigenvalue weighted by Crippen LogP contribution is -2.27. The van der Waals surface area contributed by atoms with E-state index in [1.807, 2.05) is 30.3 Å². The molecule has 0 bridgehead atoms. The van der Waals surface area contributed by atoms with Crippen LogP contribution in [-0.2, 0) is 24.2 Å². The number of primary amides is 1.